The Bertz CT molecular complexity index is 305. The van der Waals surface area contributed by atoms with E-state index in [1.165, 1.54) is 11.1 Å². The van der Waals surface area contributed by atoms with Crippen LogP contribution in [0.1, 0.15) is 0 Å². The molecule has 2 heterocycles. The van der Waals surface area contributed by atoms with E-state index < -0.39 is 0 Å². The van der Waals surface area contributed by atoms with E-state index in [4.69, 9.17) is 0 Å². The largest absolute Gasteiger partial charge is 0.211 e. The molecule has 0 nitrogen and oxygen atoms in total. The molecule has 0 fully saturated rings. The lowest BCUT2D eigenvalue weighted by atomic mass is 10.1. The van der Waals surface area contributed by atoms with E-state index in [0.717, 1.165) is 0 Å². The van der Waals surface area contributed by atoms with E-state index in [-0.39, 0.29) is 0 Å². The molecule has 0 aliphatic rings. The highest BCUT2D eigenvalue weighted by atomic mass is 32.1. The molecule has 2 aromatic heterocycles. The molecule has 0 atom stereocenters. The molecule has 0 N–H and O–H groups in total. The molecule has 0 spiro atoms. The molecule has 0 amide bonds. The average Bonchev–Trinajstić information content (AvgIpc) is 2.21. The molecule has 0 aromatic carbocycles. The van der Waals surface area contributed by atoms with Gasteiger partial charge < -0.3 is 0 Å². The first-order chi connectivity index (χ1) is 5.97. The SMILES string of the molecule is c1cc(-c2cc[s+]cc2)cc[s+]1. The van der Waals surface area contributed by atoms with Gasteiger partial charge in [0.15, 0.2) is 21.5 Å². The fraction of sp³-hybridized carbons (Fsp3) is 0. The van der Waals surface area contributed by atoms with Gasteiger partial charge in [-0.1, -0.05) is 0 Å². The van der Waals surface area contributed by atoms with Crippen molar-refractivity contribution in [2.45, 2.75) is 0 Å². The van der Waals surface area contributed by atoms with Gasteiger partial charge in [0.05, 0.1) is 0 Å². The molecule has 0 aliphatic carbocycles. The first-order valence-corrected chi connectivity index (χ1v) is 5.57. The highest BCUT2D eigenvalue weighted by Crippen LogP contribution is 2.19. The lowest BCUT2D eigenvalue weighted by molar-refractivity contribution is 1.73. The third kappa shape index (κ3) is 1.65. The van der Waals surface area contributed by atoms with Gasteiger partial charge in [-0.25, -0.2) is 0 Å². The predicted molar refractivity (Wildman–Crippen MR) is 56.4 cm³/mol. The Morgan fingerprint density at radius 3 is 1.25 bits per heavy atom. The van der Waals surface area contributed by atoms with Crippen molar-refractivity contribution in [1.29, 1.82) is 0 Å². The van der Waals surface area contributed by atoms with Crippen LogP contribution in [0, 0.1) is 0 Å². The zero-order valence-electron chi connectivity index (χ0n) is 6.44. The summed E-state index contributed by atoms with van der Waals surface area (Å²) in [5.74, 6) is 0. The fourth-order valence-electron chi connectivity index (χ4n) is 1.04. The van der Waals surface area contributed by atoms with Crippen LogP contribution in [0.5, 0.6) is 0 Å². The average molecular weight is 192 g/mol. The Morgan fingerprint density at radius 1 is 0.583 bits per heavy atom. The molecule has 0 aliphatic heterocycles. The molecule has 58 valence electrons. The van der Waals surface area contributed by atoms with Crippen LogP contribution in [0.25, 0.3) is 11.1 Å². The molecular weight excluding hydrogens is 184 g/mol. The quantitative estimate of drug-likeness (QED) is 0.598. The van der Waals surface area contributed by atoms with Crippen LogP contribution >= 0.6 is 22.7 Å². The Kier molecular flexibility index (Phi) is 2.39. The molecule has 2 rings (SSSR count). The van der Waals surface area contributed by atoms with Crippen LogP contribution in [-0.2, 0) is 0 Å². The summed E-state index contributed by atoms with van der Waals surface area (Å²) >= 11 is 3.43. The zero-order chi connectivity index (χ0) is 8.23. The van der Waals surface area contributed by atoms with Crippen molar-refractivity contribution < 1.29 is 0 Å². The molecule has 2 heteroatoms. The van der Waals surface area contributed by atoms with E-state index in [0.29, 0.717) is 0 Å². The maximum Gasteiger partial charge on any atom is 0.211 e. The minimum Gasteiger partial charge on any atom is -0.00814 e. The van der Waals surface area contributed by atoms with Gasteiger partial charge in [-0.2, -0.15) is 0 Å². The number of hydrogen-bond acceptors (Lipinski definition) is 0. The first-order valence-electron chi connectivity index (χ1n) is 3.68. The van der Waals surface area contributed by atoms with Crippen molar-refractivity contribution in [2.75, 3.05) is 0 Å². The van der Waals surface area contributed by atoms with Crippen LogP contribution in [0.4, 0.5) is 0 Å². The van der Waals surface area contributed by atoms with Gasteiger partial charge in [0.1, 0.15) is 0 Å². The second kappa shape index (κ2) is 3.70. The summed E-state index contributed by atoms with van der Waals surface area (Å²) in [6.07, 6.45) is 0. The van der Waals surface area contributed by atoms with Crippen molar-refractivity contribution in [1.82, 2.24) is 0 Å². The summed E-state index contributed by atoms with van der Waals surface area (Å²) in [5.41, 5.74) is 2.59. The Balaban J connectivity index is 2.46. The van der Waals surface area contributed by atoms with Crippen molar-refractivity contribution in [3.8, 4) is 11.1 Å². The highest BCUT2D eigenvalue weighted by Gasteiger charge is 1.99. The molecule has 12 heavy (non-hydrogen) atoms. The van der Waals surface area contributed by atoms with E-state index in [9.17, 15) is 0 Å². The van der Waals surface area contributed by atoms with Gasteiger partial charge in [-0.15, -0.1) is 0 Å². The highest BCUT2D eigenvalue weighted by molar-refractivity contribution is 7.07. The van der Waals surface area contributed by atoms with Crippen molar-refractivity contribution >= 4 is 22.7 Å². The minimum atomic E-state index is 1.29. The van der Waals surface area contributed by atoms with Crippen molar-refractivity contribution in [2.24, 2.45) is 0 Å². The normalized spacial score (nSPS) is 9.67. The monoisotopic (exact) mass is 192 g/mol. The van der Waals surface area contributed by atoms with E-state index >= 15 is 0 Å². The number of hydrogen-bond donors (Lipinski definition) is 0. The summed E-state index contributed by atoms with van der Waals surface area (Å²) in [5, 5.41) is 8.41. The van der Waals surface area contributed by atoms with Crippen LogP contribution < -0.4 is 0 Å². The second-order valence-corrected chi connectivity index (χ2v) is 4.03. The van der Waals surface area contributed by atoms with Crippen LogP contribution in [-0.4, -0.2) is 0 Å². The summed E-state index contributed by atoms with van der Waals surface area (Å²) in [6, 6.07) is 8.57. The van der Waals surface area contributed by atoms with Crippen LogP contribution in [0.3, 0.4) is 0 Å². The molecule has 0 saturated heterocycles. The molecule has 0 unspecified atom stereocenters. The van der Waals surface area contributed by atoms with Crippen molar-refractivity contribution in [3.63, 3.8) is 0 Å². The summed E-state index contributed by atoms with van der Waals surface area (Å²) in [6.45, 7) is 0. The lowest BCUT2D eigenvalue weighted by Gasteiger charge is -1.91. The van der Waals surface area contributed by atoms with E-state index in [1.807, 2.05) is 0 Å². The summed E-state index contributed by atoms with van der Waals surface area (Å²) in [4.78, 5) is 0. The predicted octanol–water partition coefficient (Wildman–Crippen LogP) is 4.04. The van der Waals surface area contributed by atoms with Gasteiger partial charge >= 0.3 is 0 Å². The molecule has 0 radical (unpaired) electrons. The van der Waals surface area contributed by atoms with Crippen molar-refractivity contribution in [3.05, 3.63) is 45.8 Å². The summed E-state index contributed by atoms with van der Waals surface area (Å²) in [7, 11) is 0. The Labute approximate surface area is 79.8 Å². The minimum absolute atomic E-state index is 1.29. The topological polar surface area (TPSA) is 0 Å². The maximum absolute atomic E-state index is 2.14. The Hall–Kier alpha value is -0.860. The van der Waals surface area contributed by atoms with E-state index in [2.05, 4.69) is 45.8 Å². The van der Waals surface area contributed by atoms with Gasteiger partial charge in [0.25, 0.3) is 0 Å². The fourth-order valence-corrected chi connectivity index (χ4v) is 2.12. The van der Waals surface area contributed by atoms with Crippen LogP contribution in [0.2, 0.25) is 0 Å². The van der Waals surface area contributed by atoms with Gasteiger partial charge in [-0.05, 0) is 11.1 Å². The van der Waals surface area contributed by atoms with Gasteiger partial charge in [0, 0.05) is 24.3 Å². The summed E-state index contributed by atoms with van der Waals surface area (Å²) < 4.78 is 0. The molecule has 0 saturated carbocycles. The smallest absolute Gasteiger partial charge is 0.00814 e. The third-order valence-electron chi connectivity index (χ3n) is 1.64. The molecule has 2 aromatic rings. The van der Waals surface area contributed by atoms with Gasteiger partial charge in [0.2, 0.25) is 22.7 Å². The third-order valence-corrected chi connectivity index (χ3v) is 2.81. The standard InChI is InChI=1S/C10H8S2/c1-5-11-6-2-9(1)10-3-7-12-8-4-10/h1-8H/q+2. The zero-order valence-corrected chi connectivity index (χ0v) is 8.07. The van der Waals surface area contributed by atoms with Crippen LogP contribution in [0.15, 0.2) is 45.8 Å². The lowest BCUT2D eigenvalue weighted by Crippen LogP contribution is -1.71. The first kappa shape index (κ1) is 7.77. The maximum atomic E-state index is 2.14. The van der Waals surface area contributed by atoms with E-state index in [1.54, 1.807) is 22.7 Å². The molecular formula is C10H8S2+2. The molecule has 0 bridgehead atoms. The van der Waals surface area contributed by atoms with Gasteiger partial charge in [-0.3, -0.25) is 0 Å². The second-order valence-electron chi connectivity index (χ2n) is 2.39. The Morgan fingerprint density at radius 2 is 0.917 bits per heavy atom. The number of rotatable bonds is 1.